The Balaban J connectivity index is 1.64. The van der Waals surface area contributed by atoms with Crippen molar-refractivity contribution >= 4 is 39.9 Å². The number of anilines is 1. The van der Waals surface area contributed by atoms with Gasteiger partial charge < -0.3 is 5.32 Å². The van der Waals surface area contributed by atoms with E-state index in [1.54, 1.807) is 11.8 Å². The zero-order valence-electron chi connectivity index (χ0n) is 14.3. The molecule has 0 aliphatic carbocycles. The van der Waals surface area contributed by atoms with E-state index in [-0.39, 0.29) is 11.7 Å². The summed E-state index contributed by atoms with van der Waals surface area (Å²) in [5.74, 6) is 0.944. The molecule has 4 nitrogen and oxygen atoms in total. The summed E-state index contributed by atoms with van der Waals surface area (Å²) in [6.07, 6.45) is 0. The number of thioether (sulfide) groups is 1. The summed E-state index contributed by atoms with van der Waals surface area (Å²) in [6, 6.07) is 19.5. The first-order valence-corrected chi connectivity index (χ1v) is 10.1. The summed E-state index contributed by atoms with van der Waals surface area (Å²) < 4.78 is 0. The first kappa shape index (κ1) is 18.4. The van der Waals surface area contributed by atoms with E-state index < -0.39 is 0 Å². The van der Waals surface area contributed by atoms with E-state index in [0.717, 1.165) is 11.3 Å². The SMILES string of the molecule is CC(=O)c1sc(NC(=O)CSCc2ccccc2)nc1-c1ccccc1. The van der Waals surface area contributed by atoms with Gasteiger partial charge >= 0.3 is 0 Å². The maximum atomic E-state index is 12.2. The second-order valence-electron chi connectivity index (χ2n) is 5.65. The maximum absolute atomic E-state index is 12.2. The number of amides is 1. The normalized spacial score (nSPS) is 10.5. The van der Waals surface area contributed by atoms with Crippen LogP contribution in [0.2, 0.25) is 0 Å². The Morgan fingerprint density at radius 3 is 2.35 bits per heavy atom. The number of hydrogen-bond acceptors (Lipinski definition) is 5. The molecule has 1 aromatic heterocycles. The molecule has 1 amide bonds. The predicted molar refractivity (Wildman–Crippen MR) is 109 cm³/mol. The van der Waals surface area contributed by atoms with Gasteiger partial charge in [0.1, 0.15) is 0 Å². The van der Waals surface area contributed by atoms with Crippen molar-refractivity contribution in [2.24, 2.45) is 0 Å². The second kappa shape index (κ2) is 8.78. The van der Waals surface area contributed by atoms with Crippen LogP contribution in [0.15, 0.2) is 60.7 Å². The van der Waals surface area contributed by atoms with Crippen molar-refractivity contribution in [1.29, 1.82) is 0 Å². The number of ketones is 1. The molecular weight excluding hydrogens is 364 g/mol. The molecule has 0 radical (unpaired) electrons. The summed E-state index contributed by atoms with van der Waals surface area (Å²) in [5, 5.41) is 3.27. The molecule has 26 heavy (non-hydrogen) atoms. The van der Waals surface area contributed by atoms with Crippen molar-refractivity contribution < 1.29 is 9.59 Å². The highest BCUT2D eigenvalue weighted by Gasteiger charge is 2.17. The molecule has 0 bridgehead atoms. The Bertz CT molecular complexity index is 893. The average Bonchev–Trinajstić information content (AvgIpc) is 3.07. The fourth-order valence-electron chi connectivity index (χ4n) is 2.40. The molecule has 3 aromatic rings. The largest absolute Gasteiger partial charge is 0.301 e. The number of Topliss-reactive ketones (excluding diaryl/α,β-unsaturated/α-hetero) is 1. The average molecular weight is 383 g/mol. The van der Waals surface area contributed by atoms with Crippen LogP contribution >= 0.6 is 23.1 Å². The lowest BCUT2D eigenvalue weighted by atomic mass is 10.1. The van der Waals surface area contributed by atoms with Crippen LogP contribution in [0.3, 0.4) is 0 Å². The third-order valence-corrected chi connectivity index (χ3v) is 5.66. The molecule has 6 heteroatoms. The smallest absolute Gasteiger partial charge is 0.236 e. The Labute approximate surface area is 160 Å². The molecule has 0 atom stereocenters. The second-order valence-corrected chi connectivity index (χ2v) is 7.63. The number of nitrogens with zero attached hydrogens (tertiary/aromatic N) is 1. The number of rotatable bonds is 7. The van der Waals surface area contributed by atoms with Gasteiger partial charge in [0, 0.05) is 18.2 Å². The van der Waals surface area contributed by atoms with Gasteiger partial charge in [-0.25, -0.2) is 4.98 Å². The van der Waals surface area contributed by atoms with E-state index in [2.05, 4.69) is 10.3 Å². The highest BCUT2D eigenvalue weighted by Crippen LogP contribution is 2.31. The van der Waals surface area contributed by atoms with Crippen molar-refractivity contribution in [2.45, 2.75) is 12.7 Å². The molecule has 0 saturated carbocycles. The third-order valence-electron chi connectivity index (χ3n) is 3.59. The van der Waals surface area contributed by atoms with Gasteiger partial charge in [-0.3, -0.25) is 9.59 Å². The van der Waals surface area contributed by atoms with Crippen molar-refractivity contribution in [2.75, 3.05) is 11.1 Å². The molecular formula is C20H18N2O2S2. The zero-order valence-corrected chi connectivity index (χ0v) is 15.9. The van der Waals surface area contributed by atoms with Crippen molar-refractivity contribution in [3.05, 3.63) is 71.1 Å². The van der Waals surface area contributed by atoms with Gasteiger partial charge in [0.15, 0.2) is 10.9 Å². The molecule has 0 spiro atoms. The first-order valence-electron chi connectivity index (χ1n) is 8.12. The molecule has 0 saturated heterocycles. The van der Waals surface area contributed by atoms with Gasteiger partial charge in [0.2, 0.25) is 5.91 Å². The van der Waals surface area contributed by atoms with Gasteiger partial charge in [0.05, 0.1) is 16.3 Å². The Morgan fingerprint density at radius 2 is 1.69 bits per heavy atom. The van der Waals surface area contributed by atoms with Crippen LogP contribution in [0.25, 0.3) is 11.3 Å². The van der Waals surface area contributed by atoms with E-state index in [4.69, 9.17) is 0 Å². The minimum atomic E-state index is -0.116. The lowest BCUT2D eigenvalue weighted by Gasteiger charge is -2.02. The van der Waals surface area contributed by atoms with Crippen molar-refractivity contribution in [3.63, 3.8) is 0 Å². The highest BCUT2D eigenvalue weighted by molar-refractivity contribution is 7.99. The number of thiazole rings is 1. The molecule has 0 fully saturated rings. The highest BCUT2D eigenvalue weighted by atomic mass is 32.2. The van der Waals surface area contributed by atoms with Crippen LogP contribution in [-0.2, 0) is 10.5 Å². The number of hydrogen-bond donors (Lipinski definition) is 1. The Hall–Kier alpha value is -2.44. The molecule has 2 aromatic carbocycles. The summed E-state index contributed by atoms with van der Waals surface area (Å²) >= 11 is 2.76. The lowest BCUT2D eigenvalue weighted by molar-refractivity contribution is -0.113. The minimum Gasteiger partial charge on any atom is -0.301 e. The standard InChI is InChI=1S/C20H18N2O2S2/c1-14(23)19-18(16-10-6-3-7-11-16)22-20(26-19)21-17(24)13-25-12-15-8-4-2-5-9-15/h2-11H,12-13H2,1H3,(H,21,22,24). The van der Waals surface area contributed by atoms with Gasteiger partial charge in [-0.15, -0.1) is 11.8 Å². The van der Waals surface area contributed by atoms with E-state index in [9.17, 15) is 9.59 Å². The van der Waals surface area contributed by atoms with Crippen LogP contribution in [0.4, 0.5) is 5.13 Å². The minimum absolute atomic E-state index is 0.0553. The predicted octanol–water partition coefficient (Wildman–Crippen LogP) is 4.88. The van der Waals surface area contributed by atoms with Crippen LogP contribution in [-0.4, -0.2) is 22.4 Å². The van der Waals surface area contributed by atoms with E-state index in [1.165, 1.54) is 23.8 Å². The van der Waals surface area contributed by atoms with Crippen LogP contribution < -0.4 is 5.32 Å². The topological polar surface area (TPSA) is 59.1 Å². The molecule has 0 aliphatic rings. The number of aromatic nitrogens is 1. The fraction of sp³-hybridized carbons (Fsp3) is 0.150. The third kappa shape index (κ3) is 4.80. The van der Waals surface area contributed by atoms with E-state index in [1.807, 2.05) is 60.7 Å². The Morgan fingerprint density at radius 1 is 1.04 bits per heavy atom. The van der Waals surface area contributed by atoms with Crippen LogP contribution in [0, 0.1) is 0 Å². The van der Waals surface area contributed by atoms with Crippen molar-refractivity contribution in [1.82, 2.24) is 4.98 Å². The molecule has 1 heterocycles. The van der Waals surface area contributed by atoms with Gasteiger partial charge in [-0.05, 0) is 5.56 Å². The van der Waals surface area contributed by atoms with Gasteiger partial charge in [0.25, 0.3) is 0 Å². The Kier molecular flexibility index (Phi) is 6.20. The fourth-order valence-corrected chi connectivity index (χ4v) is 4.08. The molecule has 0 aliphatic heterocycles. The van der Waals surface area contributed by atoms with Gasteiger partial charge in [-0.2, -0.15) is 0 Å². The molecule has 1 N–H and O–H groups in total. The zero-order chi connectivity index (χ0) is 18.4. The first-order chi connectivity index (χ1) is 12.6. The van der Waals surface area contributed by atoms with E-state index in [0.29, 0.717) is 21.5 Å². The number of carbonyl (C=O) groups is 2. The van der Waals surface area contributed by atoms with E-state index >= 15 is 0 Å². The van der Waals surface area contributed by atoms with Crippen LogP contribution in [0.1, 0.15) is 22.2 Å². The summed E-state index contributed by atoms with van der Waals surface area (Å²) in [7, 11) is 0. The monoisotopic (exact) mass is 382 g/mol. The summed E-state index contributed by atoms with van der Waals surface area (Å²) in [4.78, 5) is 29.1. The summed E-state index contributed by atoms with van der Waals surface area (Å²) in [6.45, 7) is 1.52. The van der Waals surface area contributed by atoms with Crippen molar-refractivity contribution in [3.8, 4) is 11.3 Å². The van der Waals surface area contributed by atoms with Crippen LogP contribution in [0.5, 0.6) is 0 Å². The number of benzene rings is 2. The quantitative estimate of drug-likeness (QED) is 0.591. The molecule has 0 unspecified atom stereocenters. The molecule has 132 valence electrons. The molecule has 3 rings (SSSR count). The maximum Gasteiger partial charge on any atom is 0.236 e. The van der Waals surface area contributed by atoms with Gasteiger partial charge in [-0.1, -0.05) is 72.0 Å². The number of nitrogens with one attached hydrogen (secondary N) is 1. The summed E-state index contributed by atoms with van der Waals surface area (Å²) in [5.41, 5.74) is 2.67. The lowest BCUT2D eigenvalue weighted by Crippen LogP contribution is -2.13. The number of carbonyl (C=O) groups excluding carboxylic acids is 2.